The van der Waals surface area contributed by atoms with Crippen LogP contribution in [0.3, 0.4) is 0 Å². The molecule has 3 N–H and O–H groups in total. The van der Waals surface area contributed by atoms with Crippen molar-refractivity contribution in [3.05, 3.63) is 42.5 Å². The predicted molar refractivity (Wildman–Crippen MR) is 123 cm³/mol. The number of hydrogen-bond acceptors (Lipinski definition) is 6. The molecule has 0 saturated heterocycles. The van der Waals surface area contributed by atoms with Crippen molar-refractivity contribution >= 4 is 22.8 Å². The van der Waals surface area contributed by atoms with E-state index in [1.807, 2.05) is 0 Å². The number of nitrogens with one attached hydrogen (secondary N) is 2. The smallest absolute Gasteiger partial charge is 0.308 e. The number of rotatable bonds is 5. The Balaban J connectivity index is 1.50. The van der Waals surface area contributed by atoms with Crippen LogP contribution in [0.2, 0.25) is 0 Å². The van der Waals surface area contributed by atoms with Crippen molar-refractivity contribution in [2.24, 2.45) is 24.8 Å². The Bertz CT molecular complexity index is 1440. The van der Waals surface area contributed by atoms with Crippen LogP contribution in [0.5, 0.6) is 0 Å². The molecule has 2 atom stereocenters. The van der Waals surface area contributed by atoms with Crippen molar-refractivity contribution in [1.29, 1.82) is 0 Å². The average Bonchev–Trinajstić information content (AvgIpc) is 3.46. The SMILES string of the molecule is Cn1cc(-c2nc(-c3c[nH]c4ncc(F)cc34)nc(N[C@H]3C4CCC(CC4)[C@@H]3C(=O)O)c2F)cn1. The zero-order chi connectivity index (χ0) is 24.3. The highest BCUT2D eigenvalue weighted by Gasteiger charge is 2.47. The minimum Gasteiger partial charge on any atom is -0.481 e. The molecular formula is C24H23F2N7O2. The number of halogens is 2. The highest BCUT2D eigenvalue weighted by molar-refractivity contribution is 5.92. The summed E-state index contributed by atoms with van der Waals surface area (Å²) in [6, 6.07) is 0.874. The highest BCUT2D eigenvalue weighted by Crippen LogP contribution is 2.46. The zero-order valence-corrected chi connectivity index (χ0v) is 18.9. The van der Waals surface area contributed by atoms with Crippen molar-refractivity contribution in [3.8, 4) is 22.6 Å². The molecule has 3 aliphatic rings. The molecule has 4 aromatic heterocycles. The summed E-state index contributed by atoms with van der Waals surface area (Å²) in [7, 11) is 1.72. The van der Waals surface area contributed by atoms with Crippen LogP contribution >= 0.6 is 0 Å². The Morgan fingerprint density at radius 2 is 1.94 bits per heavy atom. The third kappa shape index (κ3) is 3.62. The first kappa shape index (κ1) is 21.6. The van der Waals surface area contributed by atoms with E-state index in [1.165, 1.54) is 16.9 Å². The molecule has 0 radical (unpaired) electrons. The monoisotopic (exact) mass is 479 g/mol. The minimum atomic E-state index is -0.878. The average molecular weight is 479 g/mol. The molecule has 0 amide bonds. The van der Waals surface area contributed by atoms with Crippen LogP contribution in [0.25, 0.3) is 33.7 Å². The lowest BCUT2D eigenvalue weighted by Gasteiger charge is -2.47. The molecule has 2 bridgehead atoms. The molecule has 0 aliphatic heterocycles. The number of carboxylic acid groups (broad SMARTS) is 1. The Morgan fingerprint density at radius 3 is 2.66 bits per heavy atom. The molecule has 0 spiro atoms. The Kier molecular flexibility index (Phi) is 5.01. The van der Waals surface area contributed by atoms with Crippen LogP contribution in [-0.4, -0.2) is 46.8 Å². The van der Waals surface area contributed by atoms with Gasteiger partial charge in [-0.05, 0) is 43.6 Å². The first-order chi connectivity index (χ1) is 16.9. The Labute approximate surface area is 198 Å². The second kappa shape index (κ2) is 8.10. The molecule has 3 aliphatic carbocycles. The van der Waals surface area contributed by atoms with E-state index in [1.54, 1.807) is 19.4 Å². The van der Waals surface area contributed by atoms with Gasteiger partial charge in [0.25, 0.3) is 0 Å². The number of aliphatic carboxylic acids is 1. The third-order valence-electron chi connectivity index (χ3n) is 7.38. The largest absolute Gasteiger partial charge is 0.481 e. The number of nitrogens with zero attached hydrogens (tertiary/aromatic N) is 5. The number of aromatic amines is 1. The van der Waals surface area contributed by atoms with Gasteiger partial charge in [0.15, 0.2) is 17.5 Å². The number of H-pyrrole nitrogens is 1. The normalized spacial score (nSPS) is 23.6. The van der Waals surface area contributed by atoms with Gasteiger partial charge in [0.2, 0.25) is 0 Å². The van der Waals surface area contributed by atoms with Crippen molar-refractivity contribution < 1.29 is 18.7 Å². The van der Waals surface area contributed by atoms with E-state index in [0.29, 0.717) is 22.2 Å². The molecule has 0 unspecified atom stereocenters. The van der Waals surface area contributed by atoms with Crippen molar-refractivity contribution in [3.63, 3.8) is 0 Å². The summed E-state index contributed by atoms with van der Waals surface area (Å²) in [4.78, 5) is 28.1. The summed E-state index contributed by atoms with van der Waals surface area (Å²) < 4.78 is 31.3. The molecule has 3 saturated carbocycles. The number of pyridine rings is 1. The maximum atomic E-state index is 15.8. The van der Waals surface area contributed by atoms with E-state index in [9.17, 15) is 14.3 Å². The summed E-state index contributed by atoms with van der Waals surface area (Å²) in [5, 5.41) is 17.7. The second-order valence-corrected chi connectivity index (χ2v) is 9.42. The minimum absolute atomic E-state index is 0.0251. The standard InChI is InChI=1S/C24H23F2N7O2/c1-33-10-13(7-29-33)20-18(26)23(30-19-12-4-2-11(3-5-12)17(19)24(34)35)32-22(31-20)16-9-28-21-15(16)6-14(25)8-27-21/h6-12,17,19H,2-5H2,1H3,(H,27,28)(H,34,35)(H,30,31,32)/t11?,12?,17-,19-/m0/s1. The predicted octanol–water partition coefficient (Wildman–Crippen LogP) is 4.00. The van der Waals surface area contributed by atoms with Gasteiger partial charge in [-0.25, -0.2) is 23.7 Å². The maximum Gasteiger partial charge on any atom is 0.308 e. The fourth-order valence-electron chi connectivity index (χ4n) is 5.73. The van der Waals surface area contributed by atoms with Gasteiger partial charge in [-0.15, -0.1) is 0 Å². The molecular weight excluding hydrogens is 456 g/mol. The number of fused-ring (bicyclic) bond motifs is 4. The Morgan fingerprint density at radius 1 is 1.17 bits per heavy atom. The zero-order valence-electron chi connectivity index (χ0n) is 18.9. The second-order valence-electron chi connectivity index (χ2n) is 9.42. The summed E-state index contributed by atoms with van der Waals surface area (Å²) in [6.45, 7) is 0. The first-order valence-electron chi connectivity index (χ1n) is 11.6. The molecule has 7 rings (SSSR count). The molecule has 35 heavy (non-hydrogen) atoms. The molecule has 4 aromatic rings. The van der Waals surface area contributed by atoms with Gasteiger partial charge in [0.1, 0.15) is 17.2 Å². The van der Waals surface area contributed by atoms with Crippen LogP contribution in [0.1, 0.15) is 25.7 Å². The van der Waals surface area contributed by atoms with Gasteiger partial charge in [-0.3, -0.25) is 9.48 Å². The van der Waals surface area contributed by atoms with E-state index in [-0.39, 0.29) is 29.2 Å². The lowest BCUT2D eigenvalue weighted by molar-refractivity contribution is -0.148. The fourth-order valence-corrected chi connectivity index (χ4v) is 5.73. The van der Waals surface area contributed by atoms with Gasteiger partial charge in [0.05, 0.1) is 18.3 Å². The molecule has 3 fully saturated rings. The molecule has 9 nitrogen and oxygen atoms in total. The van der Waals surface area contributed by atoms with E-state index < -0.39 is 29.6 Å². The van der Waals surface area contributed by atoms with Crippen LogP contribution in [0, 0.1) is 29.4 Å². The van der Waals surface area contributed by atoms with Crippen LogP contribution in [0.4, 0.5) is 14.6 Å². The number of carboxylic acids is 1. The summed E-state index contributed by atoms with van der Waals surface area (Å²) in [6.07, 6.45) is 9.37. The number of anilines is 1. The van der Waals surface area contributed by atoms with E-state index in [2.05, 4.69) is 30.4 Å². The molecule has 180 valence electrons. The molecule has 11 heteroatoms. The lowest BCUT2D eigenvalue weighted by Crippen LogP contribution is -2.51. The van der Waals surface area contributed by atoms with Crippen molar-refractivity contribution in [1.82, 2.24) is 29.7 Å². The fraction of sp³-hybridized carbons (Fsp3) is 0.375. The topological polar surface area (TPSA) is 122 Å². The van der Waals surface area contributed by atoms with Crippen LogP contribution in [0.15, 0.2) is 30.9 Å². The molecule has 4 heterocycles. The number of aromatic nitrogens is 6. The third-order valence-corrected chi connectivity index (χ3v) is 7.38. The number of aryl methyl sites for hydroxylation is 1. The lowest BCUT2D eigenvalue weighted by atomic mass is 9.61. The van der Waals surface area contributed by atoms with E-state index in [0.717, 1.165) is 31.9 Å². The van der Waals surface area contributed by atoms with Crippen LogP contribution in [-0.2, 0) is 11.8 Å². The van der Waals surface area contributed by atoms with Gasteiger partial charge >= 0.3 is 5.97 Å². The van der Waals surface area contributed by atoms with Gasteiger partial charge in [0, 0.05) is 42.0 Å². The van der Waals surface area contributed by atoms with E-state index >= 15 is 4.39 Å². The maximum absolute atomic E-state index is 15.8. The van der Waals surface area contributed by atoms with Gasteiger partial charge < -0.3 is 15.4 Å². The molecule has 0 aromatic carbocycles. The quantitative estimate of drug-likeness (QED) is 0.396. The Hall–Kier alpha value is -3.89. The number of carbonyl (C=O) groups is 1. The van der Waals surface area contributed by atoms with E-state index in [4.69, 9.17) is 0 Å². The summed E-state index contributed by atoms with van der Waals surface area (Å²) >= 11 is 0. The van der Waals surface area contributed by atoms with Crippen molar-refractivity contribution in [2.45, 2.75) is 31.7 Å². The highest BCUT2D eigenvalue weighted by atomic mass is 19.1. The first-order valence-corrected chi connectivity index (χ1v) is 11.6. The van der Waals surface area contributed by atoms with Crippen molar-refractivity contribution in [2.75, 3.05) is 5.32 Å². The van der Waals surface area contributed by atoms with Gasteiger partial charge in [-0.2, -0.15) is 5.10 Å². The van der Waals surface area contributed by atoms with Gasteiger partial charge in [-0.1, -0.05) is 0 Å². The summed E-state index contributed by atoms with van der Waals surface area (Å²) in [5.74, 6) is -2.43. The summed E-state index contributed by atoms with van der Waals surface area (Å²) in [5.41, 5.74) is 1.38. The number of hydrogen-bond donors (Lipinski definition) is 3. The van der Waals surface area contributed by atoms with Crippen LogP contribution < -0.4 is 5.32 Å².